The van der Waals surface area contributed by atoms with Gasteiger partial charge in [-0.05, 0) is 56.8 Å². The number of fused-ring (bicyclic) bond motifs is 1. The Balaban J connectivity index is 1.65. The number of amides is 2. The summed E-state index contributed by atoms with van der Waals surface area (Å²) >= 11 is 0. The molecule has 40 heavy (non-hydrogen) atoms. The average molecular weight is 550 g/mol. The second-order valence-corrected chi connectivity index (χ2v) is 10.6. The largest absolute Gasteiger partial charge is 0.497 e. The number of aromatic nitrogens is 2. The van der Waals surface area contributed by atoms with Crippen molar-refractivity contribution in [3.05, 3.63) is 71.0 Å². The topological polar surface area (TPSA) is 109 Å². The number of carbonyl (C=O) groups is 2. The van der Waals surface area contributed by atoms with Gasteiger partial charge < -0.3 is 24.8 Å². The van der Waals surface area contributed by atoms with E-state index in [1.165, 1.54) is 4.68 Å². The molecule has 0 aliphatic carbocycles. The van der Waals surface area contributed by atoms with Crippen molar-refractivity contribution >= 4 is 17.5 Å². The highest BCUT2D eigenvalue weighted by atomic mass is 16.5. The third kappa shape index (κ3) is 6.46. The van der Waals surface area contributed by atoms with Crippen LogP contribution in [0.15, 0.2) is 48.5 Å². The standard InChI is InChI=1S/C30H39N5O5/c1-19-15-35(21(3)18-36)30(38)24-8-7-9-25(31-29(37)26-14-20(2)32-34(26)5)28(24)40-27(19)17-33(4)16-22-10-12-23(39-6)13-11-22/h7-14,19,21,27,36H,15-18H2,1-6H3,(H,31,37)/t19-,21+,27+/m1/s1. The lowest BCUT2D eigenvalue weighted by Crippen LogP contribution is -2.49. The van der Waals surface area contributed by atoms with Crippen molar-refractivity contribution in [2.75, 3.05) is 39.2 Å². The van der Waals surface area contributed by atoms with E-state index in [1.807, 2.05) is 52.1 Å². The number of anilines is 1. The Kier molecular flexibility index (Phi) is 9.11. The molecule has 10 heteroatoms. The Morgan fingerprint density at radius 2 is 2.00 bits per heavy atom. The molecule has 3 aromatic rings. The van der Waals surface area contributed by atoms with Crippen molar-refractivity contribution in [3.63, 3.8) is 0 Å². The molecule has 10 nitrogen and oxygen atoms in total. The molecule has 0 saturated heterocycles. The van der Waals surface area contributed by atoms with Crippen LogP contribution in [0.25, 0.3) is 0 Å². The van der Waals surface area contributed by atoms with Crippen LogP contribution in [0.2, 0.25) is 0 Å². The molecule has 0 fully saturated rings. The number of methoxy groups -OCH3 is 1. The van der Waals surface area contributed by atoms with Crippen LogP contribution in [0.1, 0.15) is 46.0 Å². The maximum absolute atomic E-state index is 13.7. The maximum atomic E-state index is 13.7. The molecular formula is C30H39N5O5. The van der Waals surface area contributed by atoms with Crippen molar-refractivity contribution in [2.45, 2.75) is 39.5 Å². The van der Waals surface area contributed by atoms with Gasteiger partial charge in [-0.25, -0.2) is 0 Å². The minimum absolute atomic E-state index is 0.0621. The van der Waals surface area contributed by atoms with Crippen molar-refractivity contribution in [1.82, 2.24) is 19.6 Å². The molecule has 0 bridgehead atoms. The van der Waals surface area contributed by atoms with Crippen molar-refractivity contribution in [1.29, 1.82) is 0 Å². The highest BCUT2D eigenvalue weighted by molar-refractivity contribution is 6.06. The van der Waals surface area contributed by atoms with E-state index in [9.17, 15) is 14.7 Å². The molecular weight excluding hydrogens is 510 g/mol. The van der Waals surface area contributed by atoms with Crippen molar-refractivity contribution in [3.8, 4) is 11.5 Å². The van der Waals surface area contributed by atoms with Gasteiger partial charge in [-0.3, -0.25) is 19.2 Å². The van der Waals surface area contributed by atoms with E-state index in [0.29, 0.717) is 42.3 Å². The number of para-hydroxylation sites is 1. The summed E-state index contributed by atoms with van der Waals surface area (Å²) in [6.07, 6.45) is -0.305. The molecule has 2 aromatic carbocycles. The summed E-state index contributed by atoms with van der Waals surface area (Å²) in [6, 6.07) is 14.4. The van der Waals surface area contributed by atoms with E-state index in [2.05, 4.69) is 15.3 Å². The zero-order chi connectivity index (χ0) is 29.0. The number of aliphatic hydroxyl groups excluding tert-OH is 1. The Morgan fingerprint density at radius 3 is 2.62 bits per heavy atom. The number of nitrogens with zero attached hydrogens (tertiary/aromatic N) is 4. The second-order valence-electron chi connectivity index (χ2n) is 10.6. The quantitative estimate of drug-likeness (QED) is 0.421. The number of carbonyl (C=O) groups excluding carboxylic acids is 2. The minimum Gasteiger partial charge on any atom is -0.497 e. The van der Waals surface area contributed by atoms with Crippen molar-refractivity contribution < 1.29 is 24.2 Å². The monoisotopic (exact) mass is 549 g/mol. The molecule has 1 aliphatic rings. The number of hydrogen-bond donors (Lipinski definition) is 2. The fraction of sp³-hybridized carbons (Fsp3) is 0.433. The van der Waals surface area contributed by atoms with E-state index >= 15 is 0 Å². The van der Waals surface area contributed by atoms with E-state index in [-0.39, 0.29) is 36.5 Å². The molecule has 1 aliphatic heterocycles. The van der Waals surface area contributed by atoms with Gasteiger partial charge in [0.1, 0.15) is 17.5 Å². The molecule has 2 amide bonds. The van der Waals surface area contributed by atoms with Crippen LogP contribution in [0.3, 0.4) is 0 Å². The number of aryl methyl sites for hydroxylation is 2. The van der Waals surface area contributed by atoms with Crippen LogP contribution in [-0.4, -0.2) is 82.5 Å². The van der Waals surface area contributed by atoms with Gasteiger partial charge in [0.15, 0.2) is 5.75 Å². The van der Waals surface area contributed by atoms with Gasteiger partial charge in [0.2, 0.25) is 0 Å². The molecule has 3 atom stereocenters. The number of likely N-dealkylation sites (N-methyl/N-ethyl adjacent to an activating group) is 1. The van der Waals surface area contributed by atoms with Gasteiger partial charge in [0.05, 0.1) is 36.7 Å². The summed E-state index contributed by atoms with van der Waals surface area (Å²) in [5.74, 6) is 0.466. The summed E-state index contributed by atoms with van der Waals surface area (Å²) in [7, 11) is 5.38. The second kappa shape index (κ2) is 12.5. The predicted molar refractivity (Wildman–Crippen MR) is 153 cm³/mol. The Morgan fingerprint density at radius 1 is 1.27 bits per heavy atom. The zero-order valence-corrected chi connectivity index (χ0v) is 24.0. The Labute approximate surface area is 235 Å². The zero-order valence-electron chi connectivity index (χ0n) is 24.0. The number of aliphatic hydroxyl groups is 1. The first-order chi connectivity index (χ1) is 19.1. The number of ether oxygens (including phenoxy) is 2. The van der Waals surface area contributed by atoms with Crippen LogP contribution >= 0.6 is 0 Å². The summed E-state index contributed by atoms with van der Waals surface area (Å²) in [6.45, 7) is 7.22. The number of benzene rings is 2. The smallest absolute Gasteiger partial charge is 0.274 e. The molecule has 214 valence electrons. The molecule has 0 unspecified atom stereocenters. The van der Waals surface area contributed by atoms with Gasteiger partial charge in [-0.1, -0.05) is 25.1 Å². The van der Waals surface area contributed by atoms with Gasteiger partial charge in [-0.2, -0.15) is 5.10 Å². The average Bonchev–Trinajstić information content (AvgIpc) is 3.28. The summed E-state index contributed by atoms with van der Waals surface area (Å²) in [5.41, 5.74) is 3.00. The predicted octanol–water partition coefficient (Wildman–Crippen LogP) is 3.34. The Hall–Kier alpha value is -3.89. The molecule has 0 spiro atoms. The first-order valence-corrected chi connectivity index (χ1v) is 13.5. The summed E-state index contributed by atoms with van der Waals surface area (Å²) in [5, 5.41) is 17.1. The third-order valence-corrected chi connectivity index (χ3v) is 7.28. The van der Waals surface area contributed by atoms with Gasteiger partial charge >= 0.3 is 0 Å². The normalized spacial score (nSPS) is 18.0. The first-order valence-electron chi connectivity index (χ1n) is 13.5. The van der Waals surface area contributed by atoms with Gasteiger partial charge in [-0.15, -0.1) is 0 Å². The highest BCUT2D eigenvalue weighted by Gasteiger charge is 2.34. The van der Waals surface area contributed by atoms with E-state index < -0.39 is 0 Å². The lowest BCUT2D eigenvalue weighted by molar-refractivity contribution is 0.0343. The van der Waals surface area contributed by atoms with E-state index in [0.717, 1.165) is 17.0 Å². The molecule has 1 aromatic heterocycles. The van der Waals surface area contributed by atoms with Crippen LogP contribution in [0, 0.1) is 12.8 Å². The van der Waals surface area contributed by atoms with E-state index in [4.69, 9.17) is 9.47 Å². The number of rotatable bonds is 9. The maximum Gasteiger partial charge on any atom is 0.274 e. The highest BCUT2D eigenvalue weighted by Crippen LogP contribution is 2.35. The molecule has 2 N–H and O–H groups in total. The fourth-order valence-electron chi connectivity index (χ4n) is 4.98. The van der Waals surface area contributed by atoms with Gasteiger partial charge in [0, 0.05) is 32.6 Å². The minimum atomic E-state index is -0.380. The third-order valence-electron chi connectivity index (χ3n) is 7.28. The summed E-state index contributed by atoms with van der Waals surface area (Å²) in [4.78, 5) is 30.8. The summed E-state index contributed by atoms with van der Waals surface area (Å²) < 4.78 is 13.4. The van der Waals surface area contributed by atoms with Crippen molar-refractivity contribution in [2.24, 2.45) is 13.0 Å². The SMILES string of the molecule is COc1ccc(CN(C)C[C@@H]2Oc3c(NC(=O)c4cc(C)nn4C)cccc3C(=O)N([C@@H](C)CO)C[C@H]2C)cc1. The first kappa shape index (κ1) is 29.1. The van der Waals surface area contributed by atoms with Gasteiger partial charge in [0.25, 0.3) is 11.8 Å². The van der Waals surface area contributed by atoms with Crippen LogP contribution < -0.4 is 14.8 Å². The van der Waals surface area contributed by atoms with E-state index in [1.54, 1.807) is 43.3 Å². The molecule has 2 heterocycles. The number of nitrogens with one attached hydrogen (secondary N) is 1. The fourth-order valence-corrected chi connectivity index (χ4v) is 4.98. The van der Waals surface area contributed by atoms with Crippen LogP contribution in [0.4, 0.5) is 5.69 Å². The van der Waals surface area contributed by atoms with Crippen LogP contribution in [-0.2, 0) is 13.6 Å². The molecule has 0 radical (unpaired) electrons. The molecule has 0 saturated carbocycles. The Bertz CT molecular complexity index is 1340. The number of hydrogen-bond acceptors (Lipinski definition) is 7. The molecule has 4 rings (SSSR count). The lowest BCUT2D eigenvalue weighted by Gasteiger charge is -2.38. The van der Waals surface area contributed by atoms with Crippen LogP contribution in [0.5, 0.6) is 11.5 Å². The lowest BCUT2D eigenvalue weighted by atomic mass is 9.98.